The van der Waals surface area contributed by atoms with Gasteiger partial charge in [-0.3, -0.25) is 9.78 Å². The zero-order chi connectivity index (χ0) is 16.1. The fraction of sp³-hybridized carbons (Fsp3) is 0.368. The molecule has 4 heteroatoms. The maximum absolute atomic E-state index is 12.3. The lowest BCUT2D eigenvalue weighted by atomic mass is 10.1. The third-order valence-corrected chi connectivity index (χ3v) is 4.23. The molecule has 1 fully saturated rings. The number of amides is 1. The first-order valence-electron chi connectivity index (χ1n) is 8.27. The molecule has 1 amide bonds. The highest BCUT2D eigenvalue weighted by Crippen LogP contribution is 2.19. The molecule has 1 aromatic carbocycles. The lowest BCUT2D eigenvalue weighted by Gasteiger charge is -2.28. The zero-order valence-electron chi connectivity index (χ0n) is 13.6. The van der Waals surface area contributed by atoms with Gasteiger partial charge in [0.1, 0.15) is 5.69 Å². The van der Waals surface area contributed by atoms with Crippen LogP contribution in [0.25, 0.3) is 0 Å². The van der Waals surface area contributed by atoms with Crippen LogP contribution in [0.15, 0.2) is 42.6 Å². The quantitative estimate of drug-likeness (QED) is 0.942. The molecular weight excluding hydrogens is 286 g/mol. The Hall–Kier alpha value is -2.36. The maximum Gasteiger partial charge on any atom is 0.270 e. The Morgan fingerprint density at radius 2 is 2.00 bits per heavy atom. The van der Waals surface area contributed by atoms with Gasteiger partial charge in [0, 0.05) is 31.5 Å². The average molecular weight is 309 g/mol. The molecule has 1 aliphatic rings. The topological polar surface area (TPSA) is 45.2 Å². The predicted molar refractivity (Wildman–Crippen MR) is 92.7 cm³/mol. The summed E-state index contributed by atoms with van der Waals surface area (Å²) in [7, 11) is 0. The Balaban J connectivity index is 1.65. The van der Waals surface area contributed by atoms with Crippen molar-refractivity contribution in [3.8, 4) is 0 Å². The van der Waals surface area contributed by atoms with E-state index in [9.17, 15) is 4.79 Å². The summed E-state index contributed by atoms with van der Waals surface area (Å²) >= 11 is 0. The van der Waals surface area contributed by atoms with E-state index >= 15 is 0 Å². The molecule has 23 heavy (non-hydrogen) atoms. The van der Waals surface area contributed by atoms with Crippen molar-refractivity contribution >= 4 is 11.6 Å². The first-order valence-corrected chi connectivity index (χ1v) is 8.27. The molecule has 0 atom stereocenters. The van der Waals surface area contributed by atoms with Crippen LogP contribution in [-0.4, -0.2) is 24.0 Å². The molecule has 0 aliphatic carbocycles. The number of nitrogens with one attached hydrogen (secondary N) is 1. The van der Waals surface area contributed by atoms with Gasteiger partial charge in [0.15, 0.2) is 0 Å². The Kier molecular flexibility index (Phi) is 4.91. The molecule has 1 aromatic heterocycles. The van der Waals surface area contributed by atoms with Gasteiger partial charge < -0.3 is 10.2 Å². The van der Waals surface area contributed by atoms with Crippen LogP contribution in [0.2, 0.25) is 0 Å². The molecule has 2 heterocycles. The van der Waals surface area contributed by atoms with E-state index in [1.165, 1.54) is 24.8 Å². The number of carbonyl (C=O) groups excluding carboxylic acids is 1. The Morgan fingerprint density at radius 3 is 2.78 bits per heavy atom. The van der Waals surface area contributed by atoms with Crippen molar-refractivity contribution < 1.29 is 4.79 Å². The van der Waals surface area contributed by atoms with Gasteiger partial charge in [0.25, 0.3) is 5.91 Å². The summed E-state index contributed by atoms with van der Waals surface area (Å²) < 4.78 is 0. The molecule has 4 nitrogen and oxygen atoms in total. The monoisotopic (exact) mass is 309 g/mol. The number of aromatic nitrogens is 1. The van der Waals surface area contributed by atoms with E-state index in [2.05, 4.69) is 34.3 Å². The lowest BCUT2D eigenvalue weighted by Crippen LogP contribution is -2.30. The van der Waals surface area contributed by atoms with Crippen LogP contribution in [0, 0.1) is 6.92 Å². The van der Waals surface area contributed by atoms with Gasteiger partial charge in [0.2, 0.25) is 0 Å². The van der Waals surface area contributed by atoms with Crippen LogP contribution in [0.5, 0.6) is 0 Å². The van der Waals surface area contributed by atoms with Crippen molar-refractivity contribution in [3.05, 3.63) is 59.4 Å². The van der Waals surface area contributed by atoms with E-state index in [4.69, 9.17) is 0 Å². The molecule has 1 N–H and O–H groups in total. The first-order chi connectivity index (χ1) is 11.2. The molecule has 2 aromatic rings. The number of anilines is 1. The summed E-state index contributed by atoms with van der Waals surface area (Å²) in [6.07, 6.45) is 5.46. The SMILES string of the molecule is Cc1cccc(CNC(=O)c2cc(N3CCCCC3)ccn2)c1. The number of benzene rings is 1. The van der Waals surface area contributed by atoms with Gasteiger partial charge in [-0.05, 0) is 43.9 Å². The van der Waals surface area contributed by atoms with Gasteiger partial charge in [-0.1, -0.05) is 29.8 Å². The fourth-order valence-electron chi connectivity index (χ4n) is 2.99. The number of carbonyl (C=O) groups is 1. The maximum atomic E-state index is 12.3. The van der Waals surface area contributed by atoms with E-state index in [1.54, 1.807) is 6.20 Å². The normalized spacial score (nSPS) is 14.6. The molecule has 0 spiro atoms. The molecule has 1 saturated heterocycles. The van der Waals surface area contributed by atoms with E-state index in [0.717, 1.165) is 24.3 Å². The van der Waals surface area contributed by atoms with E-state index in [1.807, 2.05) is 24.3 Å². The minimum absolute atomic E-state index is 0.120. The Labute approximate surface area is 137 Å². The number of hydrogen-bond donors (Lipinski definition) is 1. The van der Waals surface area contributed by atoms with Crippen LogP contribution in [0.4, 0.5) is 5.69 Å². The highest BCUT2D eigenvalue weighted by atomic mass is 16.1. The first kappa shape index (κ1) is 15.5. The fourth-order valence-corrected chi connectivity index (χ4v) is 2.99. The third-order valence-electron chi connectivity index (χ3n) is 4.23. The number of pyridine rings is 1. The average Bonchev–Trinajstić information content (AvgIpc) is 2.61. The molecular formula is C19H23N3O. The lowest BCUT2D eigenvalue weighted by molar-refractivity contribution is 0.0946. The van der Waals surface area contributed by atoms with Crippen molar-refractivity contribution in [3.63, 3.8) is 0 Å². The number of aryl methyl sites for hydroxylation is 1. The van der Waals surface area contributed by atoms with Crippen molar-refractivity contribution in [1.29, 1.82) is 0 Å². The van der Waals surface area contributed by atoms with E-state index in [-0.39, 0.29) is 5.91 Å². The van der Waals surface area contributed by atoms with Gasteiger partial charge in [0.05, 0.1) is 0 Å². The summed E-state index contributed by atoms with van der Waals surface area (Å²) in [5, 5.41) is 2.95. The predicted octanol–water partition coefficient (Wildman–Crippen LogP) is 3.31. The smallest absolute Gasteiger partial charge is 0.270 e. The van der Waals surface area contributed by atoms with Crippen LogP contribution >= 0.6 is 0 Å². The van der Waals surface area contributed by atoms with Gasteiger partial charge >= 0.3 is 0 Å². The Bertz CT molecular complexity index is 678. The second-order valence-corrected chi connectivity index (χ2v) is 6.12. The molecule has 0 radical (unpaired) electrons. The van der Waals surface area contributed by atoms with Crippen LogP contribution in [0.1, 0.15) is 40.9 Å². The molecule has 1 aliphatic heterocycles. The Morgan fingerprint density at radius 1 is 1.17 bits per heavy atom. The van der Waals surface area contributed by atoms with Gasteiger partial charge in [-0.2, -0.15) is 0 Å². The molecule has 3 rings (SSSR count). The van der Waals surface area contributed by atoms with Crippen molar-refractivity contribution in [2.24, 2.45) is 0 Å². The van der Waals surface area contributed by atoms with E-state index in [0.29, 0.717) is 12.2 Å². The summed E-state index contributed by atoms with van der Waals surface area (Å²) in [6.45, 7) is 4.70. The van der Waals surface area contributed by atoms with E-state index < -0.39 is 0 Å². The minimum Gasteiger partial charge on any atom is -0.371 e. The number of hydrogen-bond acceptors (Lipinski definition) is 3. The number of piperidine rings is 1. The number of rotatable bonds is 4. The summed E-state index contributed by atoms with van der Waals surface area (Å²) in [5.41, 5.74) is 3.88. The minimum atomic E-state index is -0.120. The molecule has 0 unspecified atom stereocenters. The zero-order valence-corrected chi connectivity index (χ0v) is 13.6. The highest BCUT2D eigenvalue weighted by Gasteiger charge is 2.14. The van der Waals surface area contributed by atoms with Crippen LogP contribution in [-0.2, 0) is 6.54 Å². The third kappa shape index (κ3) is 4.09. The molecule has 0 bridgehead atoms. The van der Waals surface area contributed by atoms with Gasteiger partial charge in [-0.15, -0.1) is 0 Å². The van der Waals surface area contributed by atoms with Crippen LogP contribution < -0.4 is 10.2 Å². The summed E-state index contributed by atoms with van der Waals surface area (Å²) in [4.78, 5) is 18.9. The summed E-state index contributed by atoms with van der Waals surface area (Å²) in [6, 6.07) is 12.0. The van der Waals surface area contributed by atoms with Crippen LogP contribution in [0.3, 0.4) is 0 Å². The second-order valence-electron chi connectivity index (χ2n) is 6.12. The standard InChI is InChI=1S/C19H23N3O/c1-15-6-5-7-16(12-15)14-21-19(23)18-13-17(8-9-20-18)22-10-3-2-4-11-22/h5-9,12-13H,2-4,10-11,14H2,1H3,(H,21,23). The van der Waals surface area contributed by atoms with Crippen molar-refractivity contribution in [2.75, 3.05) is 18.0 Å². The molecule has 120 valence electrons. The molecule has 0 saturated carbocycles. The van der Waals surface area contributed by atoms with Gasteiger partial charge in [-0.25, -0.2) is 0 Å². The highest BCUT2D eigenvalue weighted by molar-refractivity contribution is 5.93. The van der Waals surface area contributed by atoms with Crippen molar-refractivity contribution in [2.45, 2.75) is 32.7 Å². The number of nitrogens with zero attached hydrogens (tertiary/aromatic N) is 2. The summed E-state index contributed by atoms with van der Waals surface area (Å²) in [5.74, 6) is -0.120. The largest absolute Gasteiger partial charge is 0.371 e. The second kappa shape index (κ2) is 7.27. The van der Waals surface area contributed by atoms with Crippen molar-refractivity contribution in [1.82, 2.24) is 10.3 Å².